The highest BCUT2D eigenvalue weighted by Gasteiger charge is 2.38. The van der Waals surface area contributed by atoms with Crippen LogP contribution < -0.4 is 10.9 Å². The molecule has 218 valence electrons. The highest BCUT2D eigenvalue weighted by molar-refractivity contribution is 7.91. The molecule has 4 rings (SSSR count). The van der Waals surface area contributed by atoms with Crippen LogP contribution in [-0.4, -0.2) is 40.4 Å². The number of hydrogen-bond acceptors (Lipinski definition) is 5. The molecule has 8 nitrogen and oxygen atoms in total. The molecule has 0 radical (unpaired) electrons. The second-order valence-corrected chi connectivity index (χ2v) is 11.3. The number of carbonyl (C=O) groups is 1. The first-order chi connectivity index (χ1) is 19.1. The Bertz CT molecular complexity index is 1760. The predicted molar refractivity (Wildman–Crippen MR) is 136 cm³/mol. The molecule has 4 aromatic rings. The summed E-state index contributed by atoms with van der Waals surface area (Å²) in [7, 11) is -3.40. The third kappa shape index (κ3) is 6.78. The summed E-state index contributed by atoms with van der Waals surface area (Å²) in [4.78, 5) is 28.5. The number of carbonyl (C=O) groups excluding carboxylic acids is 1. The number of benzene rings is 2. The van der Waals surface area contributed by atoms with Crippen LogP contribution in [0.3, 0.4) is 0 Å². The number of nitrogens with one attached hydrogen (secondary N) is 1. The lowest BCUT2D eigenvalue weighted by molar-refractivity contribution is -0.147. The van der Waals surface area contributed by atoms with Crippen LogP contribution in [0.1, 0.15) is 34.4 Å². The molecule has 0 spiro atoms. The van der Waals surface area contributed by atoms with Crippen molar-refractivity contribution >= 4 is 26.8 Å². The van der Waals surface area contributed by atoms with Crippen molar-refractivity contribution in [2.75, 3.05) is 5.75 Å². The van der Waals surface area contributed by atoms with E-state index >= 15 is 0 Å². The lowest BCUT2D eigenvalue weighted by atomic mass is 10.1. The van der Waals surface area contributed by atoms with E-state index in [1.54, 1.807) is 0 Å². The first kappa shape index (κ1) is 29.8. The van der Waals surface area contributed by atoms with Gasteiger partial charge in [-0.25, -0.2) is 13.4 Å². The molecule has 0 aliphatic carbocycles. The Labute approximate surface area is 229 Å². The van der Waals surface area contributed by atoms with E-state index in [0.717, 1.165) is 24.3 Å². The van der Waals surface area contributed by atoms with Crippen molar-refractivity contribution in [1.82, 2.24) is 19.4 Å². The molecule has 2 aromatic carbocycles. The number of fused-ring (bicyclic) bond motifs is 1. The summed E-state index contributed by atoms with van der Waals surface area (Å²) in [6.45, 7) is -0.921. The third-order valence-electron chi connectivity index (χ3n) is 6.18. The summed E-state index contributed by atoms with van der Waals surface area (Å²) < 4.78 is 106. The van der Waals surface area contributed by atoms with Gasteiger partial charge in [0.25, 0.3) is 11.5 Å². The monoisotopic (exact) mass is 600 g/mol. The summed E-state index contributed by atoms with van der Waals surface area (Å²) in [5.74, 6) is -2.14. The molecule has 1 amide bonds. The second kappa shape index (κ2) is 11.0. The topological polar surface area (TPSA) is 103 Å². The number of amides is 1. The van der Waals surface area contributed by atoms with E-state index < -0.39 is 52.6 Å². The minimum Gasteiger partial charge on any atom is -0.348 e. The van der Waals surface area contributed by atoms with Gasteiger partial charge in [0.05, 0.1) is 28.2 Å². The van der Waals surface area contributed by atoms with Crippen LogP contribution in [0, 0.1) is 0 Å². The van der Waals surface area contributed by atoms with Gasteiger partial charge >= 0.3 is 12.4 Å². The van der Waals surface area contributed by atoms with Crippen LogP contribution in [0.15, 0.2) is 70.4 Å². The van der Waals surface area contributed by atoms with Gasteiger partial charge in [0, 0.05) is 23.9 Å². The van der Waals surface area contributed by atoms with Crippen LogP contribution >= 0.6 is 0 Å². The van der Waals surface area contributed by atoms with Crippen molar-refractivity contribution in [3.8, 4) is 0 Å². The minimum absolute atomic E-state index is 0.00366. The number of aromatic nitrogens is 3. The van der Waals surface area contributed by atoms with Gasteiger partial charge in [-0.15, -0.1) is 0 Å². The van der Waals surface area contributed by atoms with Crippen molar-refractivity contribution in [1.29, 1.82) is 0 Å². The van der Waals surface area contributed by atoms with Crippen molar-refractivity contribution in [3.05, 3.63) is 93.7 Å². The van der Waals surface area contributed by atoms with Crippen molar-refractivity contribution < 1.29 is 39.6 Å². The number of imidazole rings is 1. The molecule has 0 aliphatic heterocycles. The quantitative estimate of drug-likeness (QED) is 0.299. The van der Waals surface area contributed by atoms with E-state index in [1.807, 2.05) is 0 Å². The number of alkyl halides is 6. The number of sulfone groups is 1. The van der Waals surface area contributed by atoms with Crippen molar-refractivity contribution in [2.45, 2.75) is 43.8 Å². The lowest BCUT2D eigenvalue weighted by Crippen LogP contribution is -2.31. The molecule has 0 bridgehead atoms. The van der Waals surface area contributed by atoms with Gasteiger partial charge < -0.3 is 14.5 Å². The maximum Gasteiger partial charge on any atom is 0.449 e. The fourth-order valence-electron chi connectivity index (χ4n) is 4.13. The Morgan fingerprint density at radius 3 is 2.24 bits per heavy atom. The number of rotatable bonds is 8. The summed E-state index contributed by atoms with van der Waals surface area (Å²) in [5.41, 5.74) is -1.16. The van der Waals surface area contributed by atoms with E-state index in [-0.39, 0.29) is 39.5 Å². The van der Waals surface area contributed by atoms with Gasteiger partial charge in [0.1, 0.15) is 6.54 Å². The highest BCUT2D eigenvalue weighted by atomic mass is 32.2. The minimum atomic E-state index is -5.00. The van der Waals surface area contributed by atoms with Gasteiger partial charge in [-0.1, -0.05) is 25.1 Å². The highest BCUT2D eigenvalue weighted by Crippen LogP contribution is 2.32. The van der Waals surface area contributed by atoms with E-state index in [2.05, 4.69) is 10.3 Å². The fourth-order valence-corrected chi connectivity index (χ4v) is 5.02. The van der Waals surface area contributed by atoms with E-state index in [1.165, 1.54) is 43.3 Å². The fraction of sp³-hybridized carbons (Fsp3) is 0.269. The average molecular weight is 601 g/mol. The number of hydrogen-bond donors (Lipinski definition) is 1. The molecule has 0 saturated heterocycles. The molecular formula is C26H22F6N4O4S. The van der Waals surface area contributed by atoms with Crippen LogP contribution in [0.5, 0.6) is 0 Å². The molecular weight excluding hydrogens is 578 g/mol. The van der Waals surface area contributed by atoms with Gasteiger partial charge in [-0.05, 0) is 42.0 Å². The van der Waals surface area contributed by atoms with Crippen LogP contribution in [0.4, 0.5) is 26.3 Å². The first-order valence-electron chi connectivity index (χ1n) is 12.0. The average Bonchev–Trinajstić information content (AvgIpc) is 3.27. The summed E-state index contributed by atoms with van der Waals surface area (Å²) in [5, 5.41) is 2.59. The van der Waals surface area contributed by atoms with E-state index in [9.17, 15) is 44.3 Å². The largest absolute Gasteiger partial charge is 0.449 e. The first-order valence-corrected chi connectivity index (χ1v) is 13.7. The summed E-state index contributed by atoms with van der Waals surface area (Å²) >= 11 is 0. The van der Waals surface area contributed by atoms with E-state index in [0.29, 0.717) is 14.7 Å². The molecule has 0 fully saturated rings. The molecule has 0 unspecified atom stereocenters. The smallest absolute Gasteiger partial charge is 0.348 e. The lowest BCUT2D eigenvalue weighted by Gasteiger charge is -2.17. The Morgan fingerprint density at radius 1 is 0.951 bits per heavy atom. The third-order valence-corrected chi connectivity index (χ3v) is 7.93. The molecule has 41 heavy (non-hydrogen) atoms. The second-order valence-electron chi connectivity index (χ2n) is 9.01. The van der Waals surface area contributed by atoms with Gasteiger partial charge in [-0.3, -0.25) is 9.59 Å². The molecule has 1 N–H and O–H groups in total. The van der Waals surface area contributed by atoms with Crippen LogP contribution in [0.2, 0.25) is 0 Å². The van der Waals surface area contributed by atoms with Gasteiger partial charge in [0.2, 0.25) is 5.82 Å². The Morgan fingerprint density at radius 2 is 1.63 bits per heavy atom. The SMILES string of the molecule is CCS(=O)(=O)c1ccc(CNC(=O)c2ccc3c(c2)nc(C(F)(F)F)n3Cc2cccc(=O)n2CC(F)(F)F)cc1. The standard InChI is InChI=1S/C26H22F6N4O4S/c1-2-41(39,40)19-9-6-16(7-10-19)13-33-23(38)17-8-11-21-20(12-17)34-24(26(30,31)32)35(21)14-18-4-3-5-22(37)36(18)15-25(27,28)29/h3-12H,2,13-15H2,1H3,(H,33,38). The zero-order valence-corrected chi connectivity index (χ0v) is 22.1. The number of nitrogens with zero attached hydrogens (tertiary/aromatic N) is 3. The summed E-state index contributed by atoms with van der Waals surface area (Å²) in [6.07, 6.45) is -9.79. The molecule has 0 aliphatic rings. The molecule has 0 saturated carbocycles. The van der Waals surface area contributed by atoms with Crippen molar-refractivity contribution in [2.24, 2.45) is 0 Å². The normalized spacial score (nSPS) is 12.6. The van der Waals surface area contributed by atoms with Crippen molar-refractivity contribution in [3.63, 3.8) is 0 Å². The predicted octanol–water partition coefficient (Wildman–Crippen LogP) is 4.55. The molecule has 2 aromatic heterocycles. The summed E-state index contributed by atoms with van der Waals surface area (Å²) in [6, 6.07) is 12.5. The van der Waals surface area contributed by atoms with Gasteiger partial charge in [-0.2, -0.15) is 26.3 Å². The zero-order valence-electron chi connectivity index (χ0n) is 21.3. The van der Waals surface area contributed by atoms with Gasteiger partial charge in [0.15, 0.2) is 9.84 Å². The maximum atomic E-state index is 13.9. The molecule has 2 heterocycles. The Kier molecular flexibility index (Phi) is 8.02. The Hall–Kier alpha value is -4.14. The van der Waals surface area contributed by atoms with Crippen LogP contribution in [-0.2, 0) is 35.6 Å². The molecule has 0 atom stereocenters. The number of halogens is 6. The zero-order chi connectivity index (χ0) is 30.2. The maximum absolute atomic E-state index is 13.9. The van der Waals surface area contributed by atoms with E-state index in [4.69, 9.17) is 0 Å². The van der Waals surface area contributed by atoms with Crippen LogP contribution in [0.25, 0.3) is 11.0 Å². The number of pyridine rings is 1. The Balaban J connectivity index is 1.62. The molecule has 15 heteroatoms.